The number of carbonyl (C=O) groups is 2. The predicted molar refractivity (Wildman–Crippen MR) is 127 cm³/mol. The van der Waals surface area contributed by atoms with Gasteiger partial charge in [-0.1, -0.05) is 18.2 Å². The number of benzene rings is 2. The molecule has 7 heteroatoms. The zero-order valence-corrected chi connectivity index (χ0v) is 19.0. The topological polar surface area (TPSA) is 54.3 Å². The van der Waals surface area contributed by atoms with Crippen LogP contribution in [0.4, 0.5) is 10.1 Å². The van der Waals surface area contributed by atoms with Gasteiger partial charge >= 0.3 is 0 Å². The number of halogens is 1. The Morgan fingerprint density at radius 3 is 2.22 bits per heavy atom. The molecule has 2 heterocycles. The number of thiocarbonyl (C=S) groups is 1. The van der Waals surface area contributed by atoms with Gasteiger partial charge in [0.05, 0.1) is 11.4 Å². The van der Waals surface area contributed by atoms with Gasteiger partial charge in [-0.3, -0.25) is 19.8 Å². The molecule has 3 aromatic rings. The first kappa shape index (κ1) is 21.6. The molecule has 0 atom stereocenters. The summed E-state index contributed by atoms with van der Waals surface area (Å²) in [7, 11) is 0. The zero-order chi connectivity index (χ0) is 23.2. The fourth-order valence-corrected chi connectivity index (χ4v) is 4.35. The molecule has 0 unspecified atom stereocenters. The zero-order valence-electron chi connectivity index (χ0n) is 18.2. The molecule has 1 aromatic heterocycles. The fraction of sp³-hybridized carbons (Fsp3) is 0.160. The summed E-state index contributed by atoms with van der Waals surface area (Å²) in [5.74, 6) is -1.54. The fourth-order valence-electron chi connectivity index (χ4n) is 4.07. The number of para-hydroxylation sites is 1. The van der Waals surface area contributed by atoms with Crippen molar-refractivity contribution in [2.45, 2.75) is 27.7 Å². The normalized spacial score (nSPS) is 15.5. The lowest BCUT2D eigenvalue weighted by atomic mass is 10.1. The summed E-state index contributed by atoms with van der Waals surface area (Å²) in [6.45, 7) is 8.06. The van der Waals surface area contributed by atoms with E-state index in [0.29, 0.717) is 5.69 Å². The molecule has 1 aliphatic rings. The molecule has 2 amide bonds. The molecule has 5 nitrogen and oxygen atoms in total. The first-order valence-electron chi connectivity index (χ1n) is 10.1. The van der Waals surface area contributed by atoms with Crippen LogP contribution >= 0.6 is 12.2 Å². The molecular formula is C25H22FN3O2S. The minimum absolute atomic E-state index is 0.0373. The quantitative estimate of drug-likeness (QED) is 0.360. The van der Waals surface area contributed by atoms with Crippen molar-refractivity contribution in [2.75, 3.05) is 4.90 Å². The number of nitrogens with one attached hydrogen (secondary N) is 1. The minimum Gasteiger partial charge on any atom is -0.317 e. The van der Waals surface area contributed by atoms with E-state index in [1.807, 2.05) is 26.0 Å². The van der Waals surface area contributed by atoms with Crippen molar-refractivity contribution in [1.82, 2.24) is 9.88 Å². The molecule has 0 radical (unpaired) electrons. The lowest BCUT2D eigenvalue weighted by molar-refractivity contribution is -0.122. The molecule has 0 spiro atoms. The minimum atomic E-state index is -0.560. The number of hydrogen-bond donors (Lipinski definition) is 1. The molecule has 1 saturated heterocycles. The summed E-state index contributed by atoms with van der Waals surface area (Å²) in [5.41, 5.74) is 6.35. The summed E-state index contributed by atoms with van der Waals surface area (Å²) < 4.78 is 15.5. The van der Waals surface area contributed by atoms with E-state index in [1.54, 1.807) is 6.08 Å². The smallest absolute Gasteiger partial charge is 0.270 e. The molecule has 162 valence electrons. The average molecular weight is 448 g/mol. The Kier molecular flexibility index (Phi) is 5.52. The molecule has 2 aromatic carbocycles. The number of aryl methyl sites for hydroxylation is 3. The third kappa shape index (κ3) is 3.65. The number of nitrogens with zero attached hydrogens (tertiary/aromatic N) is 2. The lowest BCUT2D eigenvalue weighted by Gasteiger charge is -2.28. The lowest BCUT2D eigenvalue weighted by Crippen LogP contribution is -2.54. The van der Waals surface area contributed by atoms with E-state index in [1.165, 1.54) is 29.2 Å². The van der Waals surface area contributed by atoms with E-state index in [9.17, 15) is 14.0 Å². The van der Waals surface area contributed by atoms with E-state index in [4.69, 9.17) is 12.2 Å². The summed E-state index contributed by atoms with van der Waals surface area (Å²) in [6.07, 6.45) is 1.59. The van der Waals surface area contributed by atoms with Gasteiger partial charge in [0.2, 0.25) is 0 Å². The Hall–Kier alpha value is -3.58. The monoisotopic (exact) mass is 447 g/mol. The maximum absolute atomic E-state index is 13.3. The van der Waals surface area contributed by atoms with Gasteiger partial charge in [-0.15, -0.1) is 0 Å². The molecule has 0 aliphatic carbocycles. The van der Waals surface area contributed by atoms with Gasteiger partial charge in [-0.2, -0.15) is 0 Å². The maximum Gasteiger partial charge on any atom is 0.270 e. The molecule has 4 rings (SSSR count). The van der Waals surface area contributed by atoms with Crippen molar-refractivity contribution in [3.8, 4) is 5.69 Å². The van der Waals surface area contributed by atoms with Crippen LogP contribution in [0.25, 0.3) is 11.8 Å². The van der Waals surface area contributed by atoms with E-state index in [0.717, 1.165) is 33.8 Å². The third-order valence-corrected chi connectivity index (χ3v) is 5.90. The van der Waals surface area contributed by atoms with Crippen LogP contribution in [0.15, 0.2) is 54.1 Å². The second-order valence-corrected chi connectivity index (χ2v) is 8.22. The van der Waals surface area contributed by atoms with Gasteiger partial charge in [0, 0.05) is 11.4 Å². The highest BCUT2D eigenvalue weighted by Crippen LogP contribution is 2.28. The Morgan fingerprint density at radius 1 is 0.969 bits per heavy atom. The van der Waals surface area contributed by atoms with E-state index in [-0.39, 0.29) is 10.7 Å². The first-order chi connectivity index (χ1) is 15.2. The largest absolute Gasteiger partial charge is 0.317 e. The standard InChI is InChI=1S/C25H22FN3O2S/c1-14-6-5-7-15(2)22(14)28-16(3)12-18(17(28)4)13-21-23(30)27-25(32)29(24(21)31)20-10-8-19(26)9-11-20/h5-13H,1-4H3,(H,27,30,32)/b21-13-. The Labute approximate surface area is 191 Å². The second kappa shape index (κ2) is 8.16. The Bertz CT molecular complexity index is 1290. The van der Waals surface area contributed by atoms with Crippen LogP contribution < -0.4 is 10.2 Å². The van der Waals surface area contributed by atoms with E-state index < -0.39 is 17.6 Å². The highest BCUT2D eigenvalue weighted by Gasteiger charge is 2.34. The molecule has 1 fully saturated rings. The van der Waals surface area contributed by atoms with Gasteiger partial charge < -0.3 is 4.57 Å². The number of amides is 2. The van der Waals surface area contributed by atoms with Crippen molar-refractivity contribution in [2.24, 2.45) is 0 Å². The highest BCUT2D eigenvalue weighted by atomic mass is 32.1. The number of anilines is 1. The molecule has 0 bridgehead atoms. The van der Waals surface area contributed by atoms with Crippen LogP contribution in [-0.4, -0.2) is 21.5 Å². The number of carbonyl (C=O) groups excluding carboxylic acids is 2. The van der Waals surface area contributed by atoms with Crippen LogP contribution in [0.5, 0.6) is 0 Å². The first-order valence-corrected chi connectivity index (χ1v) is 10.5. The van der Waals surface area contributed by atoms with Crippen LogP contribution in [0, 0.1) is 33.5 Å². The SMILES string of the molecule is Cc1cccc(C)c1-n1c(C)cc(/C=C2/C(=O)NC(=S)N(c3ccc(F)cc3)C2=O)c1C. The van der Waals surface area contributed by atoms with Gasteiger partial charge in [0.1, 0.15) is 11.4 Å². The second-order valence-electron chi connectivity index (χ2n) is 7.84. The highest BCUT2D eigenvalue weighted by molar-refractivity contribution is 7.80. The van der Waals surface area contributed by atoms with Crippen molar-refractivity contribution >= 4 is 40.9 Å². The van der Waals surface area contributed by atoms with Gasteiger partial charge in [-0.25, -0.2) is 4.39 Å². The number of rotatable bonds is 3. The molecule has 1 N–H and O–H groups in total. The van der Waals surface area contributed by atoms with Crippen molar-refractivity contribution in [3.63, 3.8) is 0 Å². The van der Waals surface area contributed by atoms with E-state index in [2.05, 4.69) is 35.9 Å². The summed E-state index contributed by atoms with van der Waals surface area (Å²) in [4.78, 5) is 27.1. The third-order valence-electron chi connectivity index (χ3n) is 5.62. The van der Waals surface area contributed by atoms with Gasteiger partial charge in [0.15, 0.2) is 5.11 Å². The summed E-state index contributed by atoms with van der Waals surface area (Å²) in [5, 5.41) is 2.53. The summed E-state index contributed by atoms with van der Waals surface area (Å²) in [6, 6.07) is 13.4. The Morgan fingerprint density at radius 2 is 1.59 bits per heavy atom. The van der Waals surface area contributed by atoms with Crippen LogP contribution in [-0.2, 0) is 9.59 Å². The van der Waals surface area contributed by atoms with Crippen LogP contribution in [0.1, 0.15) is 28.1 Å². The molecule has 0 saturated carbocycles. The van der Waals surface area contributed by atoms with Crippen LogP contribution in [0.3, 0.4) is 0 Å². The number of hydrogen-bond acceptors (Lipinski definition) is 3. The predicted octanol–water partition coefficient (Wildman–Crippen LogP) is 4.68. The van der Waals surface area contributed by atoms with Crippen molar-refractivity contribution in [1.29, 1.82) is 0 Å². The molecule has 1 aliphatic heterocycles. The number of aromatic nitrogens is 1. The summed E-state index contributed by atoms with van der Waals surface area (Å²) >= 11 is 5.20. The van der Waals surface area contributed by atoms with E-state index >= 15 is 0 Å². The van der Waals surface area contributed by atoms with Crippen LogP contribution in [0.2, 0.25) is 0 Å². The average Bonchev–Trinajstić information content (AvgIpc) is 3.00. The van der Waals surface area contributed by atoms with Gasteiger partial charge in [0.25, 0.3) is 11.8 Å². The maximum atomic E-state index is 13.3. The van der Waals surface area contributed by atoms with Gasteiger partial charge in [-0.05, 0) is 93.0 Å². The van der Waals surface area contributed by atoms with Crippen molar-refractivity contribution in [3.05, 3.63) is 88.0 Å². The Balaban J connectivity index is 1.79. The molecule has 32 heavy (non-hydrogen) atoms. The van der Waals surface area contributed by atoms with Crippen molar-refractivity contribution < 1.29 is 14.0 Å². The molecular weight excluding hydrogens is 425 g/mol.